The van der Waals surface area contributed by atoms with Gasteiger partial charge in [0.1, 0.15) is 0 Å². The molecule has 0 heterocycles. The molecule has 116 valence electrons. The highest BCUT2D eigenvalue weighted by molar-refractivity contribution is 9.10. The normalized spacial score (nSPS) is 13.4. The van der Waals surface area contributed by atoms with Crippen LogP contribution in [0.25, 0.3) is 0 Å². The van der Waals surface area contributed by atoms with E-state index >= 15 is 0 Å². The number of nitrogens with one attached hydrogen (secondary N) is 2. The van der Waals surface area contributed by atoms with Gasteiger partial charge >= 0.3 is 0 Å². The molecule has 1 rings (SSSR count). The van der Waals surface area contributed by atoms with Crippen molar-refractivity contribution < 1.29 is 9.59 Å². The number of halogens is 1. The largest absolute Gasteiger partial charge is 0.345 e. The van der Waals surface area contributed by atoms with Crippen LogP contribution in [-0.4, -0.2) is 23.9 Å². The van der Waals surface area contributed by atoms with Crippen molar-refractivity contribution in [3.63, 3.8) is 0 Å². The molecule has 0 saturated carbocycles. The Morgan fingerprint density at radius 3 is 2.67 bits per heavy atom. The third kappa shape index (κ3) is 5.47. The average molecular weight is 356 g/mol. The van der Waals surface area contributed by atoms with E-state index in [-0.39, 0.29) is 18.4 Å². The van der Waals surface area contributed by atoms with Gasteiger partial charge in [-0.1, -0.05) is 35.3 Å². The lowest BCUT2D eigenvalue weighted by Crippen LogP contribution is -2.52. The molecule has 0 radical (unpaired) electrons. The number of amides is 2. The van der Waals surface area contributed by atoms with E-state index < -0.39 is 5.54 Å². The molecule has 1 unspecified atom stereocenters. The number of carbonyl (C=O) groups is 2. The Morgan fingerprint density at radius 2 is 2.05 bits per heavy atom. The van der Waals surface area contributed by atoms with E-state index in [1.807, 2.05) is 32.0 Å². The molecule has 21 heavy (non-hydrogen) atoms. The van der Waals surface area contributed by atoms with E-state index in [0.717, 1.165) is 16.5 Å². The Kier molecular flexibility index (Phi) is 6.36. The molecular weight excluding hydrogens is 334 g/mol. The summed E-state index contributed by atoms with van der Waals surface area (Å²) in [5, 5.41) is 5.34. The number of aryl methyl sites for hydroxylation is 1. The number of rotatable bonds is 6. The number of hydrogen-bond acceptors (Lipinski definition) is 3. The summed E-state index contributed by atoms with van der Waals surface area (Å²) in [6, 6.07) is 5.62. The fourth-order valence-electron chi connectivity index (χ4n) is 1.92. The Labute approximate surface area is 133 Å². The van der Waals surface area contributed by atoms with Gasteiger partial charge in [-0.3, -0.25) is 9.59 Å². The van der Waals surface area contributed by atoms with Crippen molar-refractivity contribution in [2.75, 3.05) is 11.9 Å². The summed E-state index contributed by atoms with van der Waals surface area (Å²) in [5.41, 5.74) is 6.63. The van der Waals surface area contributed by atoms with E-state index in [1.54, 1.807) is 6.92 Å². The summed E-state index contributed by atoms with van der Waals surface area (Å²) in [4.78, 5) is 23.8. The zero-order chi connectivity index (χ0) is 16.0. The van der Waals surface area contributed by atoms with E-state index in [4.69, 9.17) is 5.73 Å². The smallest absolute Gasteiger partial charge is 0.243 e. The summed E-state index contributed by atoms with van der Waals surface area (Å²) < 4.78 is 0.880. The fourth-order valence-corrected chi connectivity index (χ4v) is 2.28. The molecule has 0 fully saturated rings. The van der Waals surface area contributed by atoms with Crippen LogP contribution in [0.1, 0.15) is 32.3 Å². The van der Waals surface area contributed by atoms with E-state index in [2.05, 4.69) is 26.6 Å². The van der Waals surface area contributed by atoms with Crippen LogP contribution in [0, 0.1) is 6.92 Å². The lowest BCUT2D eigenvalue weighted by atomic mass is 9.96. The third-order valence-electron chi connectivity index (χ3n) is 3.17. The molecular formula is C15H22BrN3O2. The van der Waals surface area contributed by atoms with Crippen LogP contribution in [0.5, 0.6) is 0 Å². The van der Waals surface area contributed by atoms with Gasteiger partial charge in [0.25, 0.3) is 0 Å². The van der Waals surface area contributed by atoms with Gasteiger partial charge in [0.05, 0.1) is 12.1 Å². The molecule has 1 aromatic carbocycles. The van der Waals surface area contributed by atoms with Gasteiger partial charge in [-0.2, -0.15) is 0 Å². The quantitative estimate of drug-likeness (QED) is 0.731. The van der Waals surface area contributed by atoms with E-state index in [9.17, 15) is 9.59 Å². The van der Waals surface area contributed by atoms with Gasteiger partial charge in [0.2, 0.25) is 11.8 Å². The molecule has 0 aliphatic heterocycles. The first-order valence-corrected chi connectivity index (χ1v) is 7.68. The molecule has 1 atom stereocenters. The highest BCUT2D eigenvalue weighted by Crippen LogP contribution is 2.20. The van der Waals surface area contributed by atoms with Crippen LogP contribution >= 0.6 is 15.9 Å². The maximum atomic E-state index is 11.9. The summed E-state index contributed by atoms with van der Waals surface area (Å²) in [7, 11) is 0. The van der Waals surface area contributed by atoms with Crippen LogP contribution in [0.3, 0.4) is 0 Å². The predicted molar refractivity (Wildman–Crippen MR) is 88.0 cm³/mol. The molecule has 6 heteroatoms. The average Bonchev–Trinajstić information content (AvgIpc) is 2.40. The van der Waals surface area contributed by atoms with Crippen molar-refractivity contribution >= 4 is 33.4 Å². The number of carbonyl (C=O) groups excluding carboxylic acids is 2. The molecule has 0 aliphatic carbocycles. The van der Waals surface area contributed by atoms with Gasteiger partial charge in [0, 0.05) is 10.2 Å². The van der Waals surface area contributed by atoms with Crippen molar-refractivity contribution in [3.05, 3.63) is 28.2 Å². The Hall–Kier alpha value is -1.40. The lowest BCUT2D eigenvalue weighted by Gasteiger charge is -2.22. The highest BCUT2D eigenvalue weighted by atomic mass is 79.9. The second-order valence-electron chi connectivity index (χ2n) is 5.36. The maximum Gasteiger partial charge on any atom is 0.243 e. The second kappa shape index (κ2) is 7.56. The molecule has 0 saturated heterocycles. The first kappa shape index (κ1) is 17.7. The van der Waals surface area contributed by atoms with E-state index in [1.165, 1.54) is 0 Å². The summed E-state index contributed by atoms with van der Waals surface area (Å²) in [6.07, 6.45) is 1.38. The monoisotopic (exact) mass is 355 g/mol. The second-order valence-corrected chi connectivity index (χ2v) is 6.27. The molecule has 1 aromatic rings. The minimum Gasteiger partial charge on any atom is -0.345 e. The molecule has 0 spiro atoms. The minimum atomic E-state index is -0.944. The molecule has 5 nitrogen and oxygen atoms in total. The van der Waals surface area contributed by atoms with Crippen LogP contribution in [0.4, 0.5) is 5.69 Å². The molecule has 4 N–H and O–H groups in total. The highest BCUT2D eigenvalue weighted by Gasteiger charge is 2.27. The van der Waals surface area contributed by atoms with Crippen molar-refractivity contribution in [1.29, 1.82) is 0 Å². The van der Waals surface area contributed by atoms with Gasteiger partial charge in [-0.25, -0.2) is 0 Å². The molecule has 0 bridgehead atoms. The Morgan fingerprint density at radius 1 is 1.38 bits per heavy atom. The molecule has 0 aliphatic rings. The summed E-state index contributed by atoms with van der Waals surface area (Å²) in [6.45, 7) is 5.43. The van der Waals surface area contributed by atoms with E-state index in [0.29, 0.717) is 12.1 Å². The van der Waals surface area contributed by atoms with Crippen LogP contribution < -0.4 is 16.4 Å². The first-order chi connectivity index (χ1) is 9.76. The van der Waals surface area contributed by atoms with Crippen molar-refractivity contribution in [1.82, 2.24) is 5.32 Å². The predicted octanol–water partition coefficient (Wildman–Crippen LogP) is 2.33. The van der Waals surface area contributed by atoms with Crippen LogP contribution in [-0.2, 0) is 9.59 Å². The standard InChI is InChI=1S/C15H22BrN3O2/c1-4-7-15(3,17)14(21)18-9-13(20)19-12-8-11(16)6-5-10(12)2/h5-6,8H,4,7,9,17H2,1-3H3,(H,18,21)(H,19,20). The Balaban J connectivity index is 2.55. The van der Waals surface area contributed by atoms with Crippen LogP contribution in [0.15, 0.2) is 22.7 Å². The van der Waals surface area contributed by atoms with Gasteiger partial charge < -0.3 is 16.4 Å². The van der Waals surface area contributed by atoms with Crippen molar-refractivity contribution in [3.8, 4) is 0 Å². The first-order valence-electron chi connectivity index (χ1n) is 6.89. The van der Waals surface area contributed by atoms with Crippen molar-refractivity contribution in [2.45, 2.75) is 39.2 Å². The molecule has 2 amide bonds. The third-order valence-corrected chi connectivity index (χ3v) is 3.66. The van der Waals surface area contributed by atoms with Crippen molar-refractivity contribution in [2.24, 2.45) is 5.73 Å². The zero-order valence-electron chi connectivity index (χ0n) is 12.6. The Bertz CT molecular complexity index is 530. The summed E-state index contributed by atoms with van der Waals surface area (Å²) in [5.74, 6) is -0.595. The SMILES string of the molecule is CCCC(C)(N)C(=O)NCC(=O)Nc1cc(Br)ccc1C. The summed E-state index contributed by atoms with van der Waals surface area (Å²) >= 11 is 3.35. The van der Waals surface area contributed by atoms with Crippen LogP contribution in [0.2, 0.25) is 0 Å². The topological polar surface area (TPSA) is 84.2 Å². The fraction of sp³-hybridized carbons (Fsp3) is 0.467. The maximum absolute atomic E-state index is 11.9. The zero-order valence-corrected chi connectivity index (χ0v) is 14.2. The number of anilines is 1. The number of hydrogen-bond donors (Lipinski definition) is 3. The van der Waals surface area contributed by atoms with Gasteiger partial charge in [0.15, 0.2) is 0 Å². The number of nitrogens with two attached hydrogens (primary N) is 1. The van der Waals surface area contributed by atoms with Gasteiger partial charge in [-0.15, -0.1) is 0 Å². The molecule has 0 aromatic heterocycles. The van der Waals surface area contributed by atoms with Gasteiger partial charge in [-0.05, 0) is 38.0 Å². The lowest BCUT2D eigenvalue weighted by molar-refractivity contribution is -0.128. The minimum absolute atomic E-state index is 0.0959. The number of benzene rings is 1.